The van der Waals surface area contributed by atoms with E-state index in [0.29, 0.717) is 5.56 Å². The average Bonchev–Trinajstić information content (AvgIpc) is 2.90. The Labute approximate surface area is 110 Å². The molecule has 1 heterocycles. The van der Waals surface area contributed by atoms with Gasteiger partial charge in [-0.25, -0.2) is 0 Å². The Hall–Kier alpha value is -1.32. The minimum atomic E-state index is -0.0355. The van der Waals surface area contributed by atoms with Gasteiger partial charge in [0.1, 0.15) is 0 Å². The fraction of sp³-hybridized carbons (Fsp3) is 0.714. The molecule has 0 aliphatic heterocycles. The minimum absolute atomic E-state index is 0.0355. The SMILES string of the molecule is CCCCCCCCCCNC(=O)c1cn[nH]c1. The summed E-state index contributed by atoms with van der Waals surface area (Å²) in [6.07, 6.45) is 13.4. The maximum atomic E-state index is 11.5. The molecule has 0 saturated carbocycles. The average molecular weight is 251 g/mol. The van der Waals surface area contributed by atoms with E-state index in [1.54, 1.807) is 12.4 Å². The van der Waals surface area contributed by atoms with Crippen LogP contribution in [0.2, 0.25) is 0 Å². The molecule has 0 aliphatic rings. The minimum Gasteiger partial charge on any atom is -0.352 e. The number of nitrogens with one attached hydrogen (secondary N) is 2. The van der Waals surface area contributed by atoms with Crippen LogP contribution >= 0.6 is 0 Å². The van der Waals surface area contributed by atoms with E-state index >= 15 is 0 Å². The third-order valence-electron chi connectivity index (χ3n) is 3.08. The van der Waals surface area contributed by atoms with Gasteiger partial charge in [0.25, 0.3) is 5.91 Å². The maximum Gasteiger partial charge on any atom is 0.254 e. The number of amides is 1. The lowest BCUT2D eigenvalue weighted by atomic mass is 10.1. The molecule has 1 amide bonds. The Morgan fingerprint density at radius 3 is 2.44 bits per heavy atom. The van der Waals surface area contributed by atoms with Crippen LogP contribution in [0.3, 0.4) is 0 Å². The molecular weight excluding hydrogens is 226 g/mol. The number of unbranched alkanes of at least 4 members (excludes halogenated alkanes) is 7. The molecule has 1 rings (SSSR count). The van der Waals surface area contributed by atoms with Crippen molar-refractivity contribution in [1.29, 1.82) is 0 Å². The molecule has 4 heteroatoms. The van der Waals surface area contributed by atoms with Gasteiger partial charge in [0.15, 0.2) is 0 Å². The quantitative estimate of drug-likeness (QED) is 0.627. The summed E-state index contributed by atoms with van der Waals surface area (Å²) in [5, 5.41) is 9.28. The van der Waals surface area contributed by atoms with Crippen molar-refractivity contribution in [3.8, 4) is 0 Å². The number of H-pyrrole nitrogens is 1. The molecule has 0 fully saturated rings. The smallest absolute Gasteiger partial charge is 0.254 e. The summed E-state index contributed by atoms with van der Waals surface area (Å²) in [5.41, 5.74) is 0.606. The molecular formula is C14H25N3O. The number of carbonyl (C=O) groups excluding carboxylic acids is 1. The van der Waals surface area contributed by atoms with Crippen molar-refractivity contribution in [2.45, 2.75) is 58.3 Å². The van der Waals surface area contributed by atoms with E-state index in [0.717, 1.165) is 13.0 Å². The van der Waals surface area contributed by atoms with E-state index in [1.165, 1.54) is 44.9 Å². The van der Waals surface area contributed by atoms with E-state index in [-0.39, 0.29) is 5.91 Å². The van der Waals surface area contributed by atoms with Crippen molar-refractivity contribution >= 4 is 5.91 Å². The number of carbonyl (C=O) groups is 1. The van der Waals surface area contributed by atoms with Gasteiger partial charge in [0, 0.05) is 12.7 Å². The van der Waals surface area contributed by atoms with Crippen LogP contribution in [0, 0.1) is 0 Å². The van der Waals surface area contributed by atoms with Crippen LogP contribution in [0.15, 0.2) is 12.4 Å². The predicted molar refractivity (Wildman–Crippen MR) is 73.5 cm³/mol. The van der Waals surface area contributed by atoms with Gasteiger partial charge in [0.2, 0.25) is 0 Å². The Morgan fingerprint density at radius 2 is 1.83 bits per heavy atom. The van der Waals surface area contributed by atoms with Gasteiger partial charge in [0.05, 0.1) is 11.8 Å². The molecule has 18 heavy (non-hydrogen) atoms. The summed E-state index contributed by atoms with van der Waals surface area (Å²) in [7, 11) is 0. The normalized spacial score (nSPS) is 10.5. The van der Waals surface area contributed by atoms with Crippen molar-refractivity contribution < 1.29 is 4.79 Å². The molecule has 0 radical (unpaired) electrons. The largest absolute Gasteiger partial charge is 0.352 e. The maximum absolute atomic E-state index is 11.5. The zero-order valence-electron chi connectivity index (χ0n) is 11.4. The highest BCUT2D eigenvalue weighted by Crippen LogP contribution is 2.07. The summed E-state index contributed by atoms with van der Waals surface area (Å²) in [6, 6.07) is 0. The highest BCUT2D eigenvalue weighted by molar-refractivity contribution is 5.93. The summed E-state index contributed by atoms with van der Waals surface area (Å²) in [4.78, 5) is 11.5. The fourth-order valence-corrected chi connectivity index (χ4v) is 1.94. The van der Waals surface area contributed by atoms with E-state index in [1.807, 2.05) is 0 Å². The second kappa shape index (κ2) is 9.68. The lowest BCUT2D eigenvalue weighted by molar-refractivity contribution is 0.0953. The molecule has 1 aromatic rings. The van der Waals surface area contributed by atoms with Gasteiger partial charge >= 0.3 is 0 Å². The van der Waals surface area contributed by atoms with Gasteiger partial charge in [-0.15, -0.1) is 0 Å². The van der Waals surface area contributed by atoms with Gasteiger partial charge in [-0.3, -0.25) is 9.89 Å². The highest BCUT2D eigenvalue weighted by Gasteiger charge is 2.04. The Morgan fingerprint density at radius 1 is 1.17 bits per heavy atom. The zero-order chi connectivity index (χ0) is 13.1. The first-order valence-electron chi connectivity index (χ1n) is 7.11. The van der Waals surface area contributed by atoms with Gasteiger partial charge < -0.3 is 5.32 Å². The first kappa shape index (κ1) is 14.7. The van der Waals surface area contributed by atoms with Crippen molar-refractivity contribution in [2.24, 2.45) is 0 Å². The highest BCUT2D eigenvalue weighted by atomic mass is 16.1. The van der Waals surface area contributed by atoms with Crippen LogP contribution in [-0.2, 0) is 0 Å². The van der Waals surface area contributed by atoms with E-state index in [4.69, 9.17) is 0 Å². The molecule has 0 aliphatic carbocycles. The van der Waals surface area contributed by atoms with Crippen molar-refractivity contribution in [2.75, 3.05) is 6.54 Å². The molecule has 0 atom stereocenters. The number of nitrogens with zero attached hydrogens (tertiary/aromatic N) is 1. The number of aromatic nitrogens is 2. The topological polar surface area (TPSA) is 57.8 Å². The zero-order valence-corrected chi connectivity index (χ0v) is 11.4. The summed E-state index contributed by atoms with van der Waals surface area (Å²) < 4.78 is 0. The Bertz CT molecular complexity index is 309. The standard InChI is InChI=1S/C14H25N3O/c1-2-3-4-5-6-7-8-9-10-15-14(18)13-11-16-17-12-13/h11-12H,2-10H2,1H3,(H,15,18)(H,16,17). The van der Waals surface area contributed by atoms with Crippen LogP contribution in [0.25, 0.3) is 0 Å². The van der Waals surface area contributed by atoms with Gasteiger partial charge in [-0.1, -0.05) is 51.9 Å². The number of rotatable bonds is 10. The van der Waals surface area contributed by atoms with Crippen LogP contribution < -0.4 is 5.32 Å². The molecule has 0 aromatic carbocycles. The fourth-order valence-electron chi connectivity index (χ4n) is 1.94. The lowest BCUT2D eigenvalue weighted by Crippen LogP contribution is -2.23. The van der Waals surface area contributed by atoms with Gasteiger partial charge in [-0.2, -0.15) is 5.10 Å². The number of aromatic amines is 1. The second-order valence-corrected chi connectivity index (χ2v) is 4.72. The van der Waals surface area contributed by atoms with Crippen LogP contribution in [0.4, 0.5) is 0 Å². The molecule has 2 N–H and O–H groups in total. The summed E-state index contributed by atoms with van der Waals surface area (Å²) in [5.74, 6) is -0.0355. The van der Waals surface area contributed by atoms with Crippen molar-refractivity contribution in [3.63, 3.8) is 0 Å². The molecule has 0 saturated heterocycles. The summed E-state index contributed by atoms with van der Waals surface area (Å²) >= 11 is 0. The molecule has 0 spiro atoms. The van der Waals surface area contributed by atoms with E-state index < -0.39 is 0 Å². The van der Waals surface area contributed by atoms with Crippen LogP contribution in [-0.4, -0.2) is 22.6 Å². The van der Waals surface area contributed by atoms with Crippen LogP contribution in [0.5, 0.6) is 0 Å². The first-order valence-corrected chi connectivity index (χ1v) is 7.11. The second-order valence-electron chi connectivity index (χ2n) is 4.72. The predicted octanol–water partition coefficient (Wildman–Crippen LogP) is 3.28. The molecule has 102 valence electrons. The summed E-state index contributed by atoms with van der Waals surface area (Å²) in [6.45, 7) is 3.00. The first-order chi connectivity index (χ1) is 8.84. The monoisotopic (exact) mass is 251 g/mol. The van der Waals surface area contributed by atoms with Crippen molar-refractivity contribution in [1.82, 2.24) is 15.5 Å². The van der Waals surface area contributed by atoms with Gasteiger partial charge in [-0.05, 0) is 6.42 Å². The number of hydrogen-bond acceptors (Lipinski definition) is 2. The van der Waals surface area contributed by atoms with Crippen LogP contribution in [0.1, 0.15) is 68.6 Å². The third kappa shape index (κ3) is 6.42. The Balaban J connectivity index is 1.88. The molecule has 0 unspecified atom stereocenters. The lowest BCUT2D eigenvalue weighted by Gasteiger charge is -2.03. The van der Waals surface area contributed by atoms with Crippen molar-refractivity contribution in [3.05, 3.63) is 18.0 Å². The molecule has 4 nitrogen and oxygen atoms in total. The number of hydrogen-bond donors (Lipinski definition) is 2. The van der Waals surface area contributed by atoms with E-state index in [2.05, 4.69) is 22.4 Å². The van der Waals surface area contributed by atoms with E-state index in [9.17, 15) is 4.79 Å². The molecule has 1 aromatic heterocycles. The third-order valence-corrected chi connectivity index (χ3v) is 3.08. The molecule has 0 bridgehead atoms. The Kier molecular flexibility index (Phi) is 7.93.